The van der Waals surface area contributed by atoms with Crippen molar-refractivity contribution in [1.29, 1.82) is 0 Å². The Balaban J connectivity index is 3.25. The molecule has 0 saturated heterocycles. The van der Waals surface area contributed by atoms with Crippen LogP contribution < -0.4 is 11.5 Å². The van der Waals surface area contributed by atoms with E-state index in [0.29, 0.717) is 11.7 Å². The predicted octanol–water partition coefficient (Wildman–Crippen LogP) is 0.578. The van der Waals surface area contributed by atoms with E-state index < -0.39 is 11.9 Å². The number of carbonyl (C=O) groups is 1. The van der Waals surface area contributed by atoms with Gasteiger partial charge in [-0.25, -0.2) is 0 Å². The highest BCUT2D eigenvalue weighted by molar-refractivity contribution is 7.99. The van der Waals surface area contributed by atoms with Gasteiger partial charge in [0.05, 0.1) is 6.04 Å². The van der Waals surface area contributed by atoms with Crippen LogP contribution in [0.4, 0.5) is 0 Å². The van der Waals surface area contributed by atoms with Crippen LogP contribution >= 0.6 is 11.8 Å². The van der Waals surface area contributed by atoms with Crippen molar-refractivity contribution in [3.05, 3.63) is 0 Å². The number of amides is 1. The monoisotopic (exact) mass is 190 g/mol. The summed E-state index contributed by atoms with van der Waals surface area (Å²) in [6.45, 7) is 4.35. The van der Waals surface area contributed by atoms with Crippen LogP contribution in [0.3, 0.4) is 0 Å². The molecule has 0 heterocycles. The second kappa shape index (κ2) is 6.31. The second-order valence-electron chi connectivity index (χ2n) is 3.27. The van der Waals surface area contributed by atoms with Crippen molar-refractivity contribution in [2.45, 2.75) is 26.3 Å². The van der Waals surface area contributed by atoms with Crippen LogP contribution in [0.2, 0.25) is 0 Å². The van der Waals surface area contributed by atoms with E-state index in [4.69, 9.17) is 11.5 Å². The van der Waals surface area contributed by atoms with Gasteiger partial charge < -0.3 is 11.5 Å². The van der Waals surface area contributed by atoms with Crippen LogP contribution in [0.25, 0.3) is 0 Å². The van der Waals surface area contributed by atoms with E-state index in [-0.39, 0.29) is 0 Å². The van der Waals surface area contributed by atoms with Gasteiger partial charge in [0.15, 0.2) is 0 Å². The Hall–Kier alpha value is -0.220. The van der Waals surface area contributed by atoms with E-state index in [9.17, 15) is 4.79 Å². The van der Waals surface area contributed by atoms with E-state index in [1.807, 2.05) is 0 Å². The minimum atomic E-state index is -0.484. The van der Waals surface area contributed by atoms with Crippen molar-refractivity contribution in [3.8, 4) is 0 Å². The van der Waals surface area contributed by atoms with Crippen molar-refractivity contribution in [2.75, 3.05) is 11.5 Å². The molecule has 0 spiro atoms. The van der Waals surface area contributed by atoms with Crippen molar-refractivity contribution in [2.24, 2.45) is 17.4 Å². The van der Waals surface area contributed by atoms with Crippen LogP contribution in [-0.2, 0) is 4.79 Å². The molecule has 1 unspecified atom stereocenters. The van der Waals surface area contributed by atoms with Crippen LogP contribution in [0.1, 0.15) is 20.3 Å². The third-order valence-electron chi connectivity index (χ3n) is 1.50. The zero-order chi connectivity index (χ0) is 9.56. The highest BCUT2D eigenvalue weighted by Crippen LogP contribution is 2.08. The Morgan fingerprint density at radius 3 is 2.50 bits per heavy atom. The normalized spacial score (nSPS) is 13.3. The highest BCUT2D eigenvalue weighted by atomic mass is 32.2. The van der Waals surface area contributed by atoms with E-state index in [0.717, 1.165) is 12.2 Å². The Morgan fingerprint density at radius 1 is 1.50 bits per heavy atom. The molecule has 0 radical (unpaired) electrons. The van der Waals surface area contributed by atoms with Gasteiger partial charge in [-0.3, -0.25) is 4.79 Å². The van der Waals surface area contributed by atoms with Gasteiger partial charge in [0.1, 0.15) is 0 Å². The van der Waals surface area contributed by atoms with Gasteiger partial charge in [0.2, 0.25) is 5.91 Å². The van der Waals surface area contributed by atoms with Crippen LogP contribution in [-0.4, -0.2) is 23.5 Å². The molecule has 0 bridgehead atoms. The minimum absolute atomic E-state index is 0.410. The van der Waals surface area contributed by atoms with Crippen molar-refractivity contribution in [3.63, 3.8) is 0 Å². The highest BCUT2D eigenvalue weighted by Gasteiger charge is 2.08. The number of carbonyl (C=O) groups excluding carboxylic acids is 1. The smallest absolute Gasteiger partial charge is 0.235 e. The lowest BCUT2D eigenvalue weighted by Gasteiger charge is -2.07. The molecule has 0 aliphatic heterocycles. The summed E-state index contributed by atoms with van der Waals surface area (Å²) < 4.78 is 0. The van der Waals surface area contributed by atoms with Gasteiger partial charge in [0, 0.05) is 5.75 Å². The Labute approximate surface area is 78.3 Å². The molecule has 0 fully saturated rings. The largest absolute Gasteiger partial charge is 0.368 e. The predicted molar refractivity (Wildman–Crippen MR) is 53.9 cm³/mol. The molecule has 1 amide bonds. The fourth-order valence-corrected chi connectivity index (χ4v) is 1.83. The Morgan fingerprint density at radius 2 is 2.08 bits per heavy atom. The van der Waals surface area contributed by atoms with E-state index >= 15 is 0 Å². The molecule has 3 nitrogen and oxygen atoms in total. The van der Waals surface area contributed by atoms with E-state index in [1.54, 1.807) is 11.8 Å². The van der Waals surface area contributed by atoms with E-state index in [1.165, 1.54) is 0 Å². The molecule has 0 aromatic rings. The quantitative estimate of drug-likeness (QED) is 0.602. The number of hydrogen-bond acceptors (Lipinski definition) is 3. The fourth-order valence-electron chi connectivity index (χ4n) is 0.611. The molecule has 12 heavy (non-hydrogen) atoms. The third-order valence-corrected chi connectivity index (χ3v) is 2.62. The molecule has 0 aliphatic carbocycles. The fraction of sp³-hybridized carbons (Fsp3) is 0.875. The van der Waals surface area contributed by atoms with Crippen LogP contribution in [0.15, 0.2) is 0 Å². The average Bonchev–Trinajstić information content (AvgIpc) is 1.97. The third kappa shape index (κ3) is 6.49. The van der Waals surface area contributed by atoms with Gasteiger partial charge in [-0.2, -0.15) is 11.8 Å². The van der Waals surface area contributed by atoms with Gasteiger partial charge in [-0.15, -0.1) is 0 Å². The maximum absolute atomic E-state index is 10.5. The van der Waals surface area contributed by atoms with Crippen LogP contribution in [0, 0.1) is 5.92 Å². The van der Waals surface area contributed by atoms with Gasteiger partial charge >= 0.3 is 0 Å². The topological polar surface area (TPSA) is 69.1 Å². The molecular weight excluding hydrogens is 172 g/mol. The SMILES string of the molecule is CC(C)CCSCC(N)C(N)=O. The second-order valence-corrected chi connectivity index (χ2v) is 4.42. The van der Waals surface area contributed by atoms with Crippen LogP contribution in [0.5, 0.6) is 0 Å². The summed E-state index contributed by atoms with van der Waals surface area (Å²) >= 11 is 1.69. The molecule has 0 rings (SSSR count). The van der Waals surface area contributed by atoms with Gasteiger partial charge in [0.25, 0.3) is 0 Å². The minimum Gasteiger partial charge on any atom is -0.368 e. The van der Waals surface area contributed by atoms with E-state index in [2.05, 4.69) is 13.8 Å². The summed E-state index contributed by atoms with van der Waals surface area (Å²) in [4.78, 5) is 10.5. The molecule has 4 N–H and O–H groups in total. The summed E-state index contributed by atoms with van der Waals surface area (Å²) in [6, 6.07) is -0.484. The molecule has 0 saturated carbocycles. The summed E-state index contributed by atoms with van der Waals surface area (Å²) in [5.74, 6) is 2.00. The summed E-state index contributed by atoms with van der Waals surface area (Å²) in [7, 11) is 0. The molecule has 0 aliphatic rings. The first-order valence-corrected chi connectivity index (χ1v) is 5.32. The first-order valence-electron chi connectivity index (χ1n) is 4.16. The summed E-state index contributed by atoms with van der Waals surface area (Å²) in [6.07, 6.45) is 1.16. The number of hydrogen-bond donors (Lipinski definition) is 2. The lowest BCUT2D eigenvalue weighted by molar-refractivity contribution is -0.118. The standard InChI is InChI=1S/C8H18N2OS/c1-6(2)3-4-12-5-7(9)8(10)11/h6-7H,3-5,9H2,1-2H3,(H2,10,11). The zero-order valence-electron chi connectivity index (χ0n) is 7.75. The molecular formula is C8H18N2OS. The number of rotatable bonds is 6. The molecule has 1 atom stereocenters. The first-order chi connectivity index (χ1) is 5.54. The Bertz CT molecular complexity index is 139. The molecule has 0 aromatic heterocycles. The van der Waals surface area contributed by atoms with Crippen molar-refractivity contribution in [1.82, 2.24) is 0 Å². The molecule has 4 heteroatoms. The number of nitrogens with two attached hydrogens (primary N) is 2. The maximum Gasteiger partial charge on any atom is 0.235 e. The maximum atomic E-state index is 10.5. The van der Waals surface area contributed by atoms with Gasteiger partial charge in [-0.05, 0) is 18.1 Å². The lowest BCUT2D eigenvalue weighted by atomic mass is 10.2. The zero-order valence-corrected chi connectivity index (χ0v) is 8.56. The molecule has 0 aromatic carbocycles. The van der Waals surface area contributed by atoms with Gasteiger partial charge in [-0.1, -0.05) is 13.8 Å². The lowest BCUT2D eigenvalue weighted by Crippen LogP contribution is -2.38. The Kier molecular flexibility index (Phi) is 6.20. The van der Waals surface area contributed by atoms with Crippen molar-refractivity contribution >= 4 is 17.7 Å². The first kappa shape index (κ1) is 11.8. The summed E-state index contributed by atoms with van der Waals surface area (Å²) in [5.41, 5.74) is 10.4. The molecule has 72 valence electrons. The summed E-state index contributed by atoms with van der Waals surface area (Å²) in [5, 5.41) is 0. The van der Waals surface area contributed by atoms with Crippen molar-refractivity contribution < 1.29 is 4.79 Å². The number of thioether (sulfide) groups is 1. The average molecular weight is 190 g/mol. The number of primary amides is 1.